The molecule has 4 heterocycles. The molecule has 0 spiro atoms. The number of pyridine rings is 2. The van der Waals surface area contributed by atoms with Crippen molar-refractivity contribution < 1.29 is 22.6 Å². The largest absolute Gasteiger partial charge is 0.468 e. The molecule has 0 radical (unpaired) electrons. The molecule has 3 aromatic rings. The van der Waals surface area contributed by atoms with Crippen molar-refractivity contribution in [2.45, 2.75) is 38.9 Å². The maximum Gasteiger partial charge on any atom is 0.422 e. The molecular weight excluding hydrogens is 435 g/mol. The standard InChI is InChI=1S/C23H26F3N5O2/c1-14-10-18(11-28-22(14)33-13-23(24,25)26)16(3)31-12-19-20(30-31)4-7-27-21(19)29-15(2)17-5-8-32-9-6-17/h4,7,10-12,16-17H,2,5-6,8-9,13H2,1,3H3,(H,27,29). The molecular formula is C23H26F3N5O2. The Hall–Kier alpha value is -3.14. The minimum absolute atomic E-state index is 0.0313. The molecule has 3 aromatic heterocycles. The number of aryl methyl sites for hydroxylation is 1. The summed E-state index contributed by atoms with van der Waals surface area (Å²) in [5.74, 6) is 0.987. The number of rotatable bonds is 7. The second kappa shape index (κ2) is 9.38. The van der Waals surface area contributed by atoms with Crippen LogP contribution in [0.3, 0.4) is 0 Å². The topological polar surface area (TPSA) is 74.1 Å². The third kappa shape index (κ3) is 5.44. The van der Waals surface area contributed by atoms with E-state index in [2.05, 4.69) is 27.0 Å². The van der Waals surface area contributed by atoms with Crippen LogP contribution in [0.2, 0.25) is 0 Å². The monoisotopic (exact) mass is 461 g/mol. The molecule has 1 fully saturated rings. The molecule has 7 nitrogen and oxygen atoms in total. The fourth-order valence-electron chi connectivity index (χ4n) is 3.83. The zero-order valence-corrected chi connectivity index (χ0v) is 18.5. The van der Waals surface area contributed by atoms with Crippen molar-refractivity contribution in [1.82, 2.24) is 19.7 Å². The van der Waals surface area contributed by atoms with Crippen molar-refractivity contribution >= 4 is 16.7 Å². The molecule has 0 aromatic carbocycles. The van der Waals surface area contributed by atoms with E-state index in [0.29, 0.717) is 17.3 Å². The average Bonchev–Trinajstić information content (AvgIpc) is 3.23. The lowest BCUT2D eigenvalue weighted by molar-refractivity contribution is -0.154. The van der Waals surface area contributed by atoms with E-state index < -0.39 is 12.8 Å². The number of aromatic nitrogens is 4. The highest BCUT2D eigenvalue weighted by Gasteiger charge is 2.29. The molecule has 10 heteroatoms. The second-order valence-electron chi connectivity index (χ2n) is 8.21. The number of hydrogen-bond acceptors (Lipinski definition) is 6. The van der Waals surface area contributed by atoms with Crippen molar-refractivity contribution in [2.24, 2.45) is 5.92 Å². The highest BCUT2D eigenvalue weighted by molar-refractivity contribution is 5.89. The summed E-state index contributed by atoms with van der Waals surface area (Å²) in [7, 11) is 0. The van der Waals surface area contributed by atoms with Crippen molar-refractivity contribution in [3.05, 3.63) is 54.1 Å². The molecule has 1 aliphatic rings. The van der Waals surface area contributed by atoms with Crippen LogP contribution in [0.4, 0.5) is 19.0 Å². The first kappa shape index (κ1) is 23.0. The van der Waals surface area contributed by atoms with Crippen LogP contribution in [-0.4, -0.2) is 45.7 Å². The van der Waals surface area contributed by atoms with Gasteiger partial charge in [-0.3, -0.25) is 4.68 Å². The molecule has 0 bridgehead atoms. The van der Waals surface area contributed by atoms with E-state index in [1.165, 1.54) is 6.20 Å². The van der Waals surface area contributed by atoms with Crippen LogP contribution in [0.1, 0.15) is 36.9 Å². The van der Waals surface area contributed by atoms with Gasteiger partial charge in [-0.05, 0) is 44.4 Å². The molecule has 1 unspecified atom stereocenters. The lowest BCUT2D eigenvalue weighted by Crippen LogP contribution is -2.20. The summed E-state index contributed by atoms with van der Waals surface area (Å²) in [6.45, 7) is 7.89. The first-order chi connectivity index (χ1) is 15.7. The van der Waals surface area contributed by atoms with Gasteiger partial charge in [0.1, 0.15) is 5.82 Å². The number of allylic oxidation sites excluding steroid dienone is 1. The summed E-state index contributed by atoms with van der Waals surface area (Å²) in [6, 6.07) is 3.39. The number of hydrogen-bond donors (Lipinski definition) is 1. The van der Waals surface area contributed by atoms with Gasteiger partial charge in [0.05, 0.1) is 16.9 Å². The van der Waals surface area contributed by atoms with Crippen LogP contribution in [0.15, 0.2) is 43.0 Å². The number of anilines is 1. The van der Waals surface area contributed by atoms with Crippen LogP contribution in [0.5, 0.6) is 5.88 Å². The lowest BCUT2D eigenvalue weighted by Gasteiger charge is -2.24. The van der Waals surface area contributed by atoms with E-state index in [1.807, 2.05) is 19.2 Å². The number of fused-ring (bicyclic) bond motifs is 1. The van der Waals surface area contributed by atoms with Gasteiger partial charge in [-0.25, -0.2) is 9.97 Å². The number of alkyl halides is 3. The van der Waals surface area contributed by atoms with E-state index in [1.54, 1.807) is 23.9 Å². The summed E-state index contributed by atoms with van der Waals surface area (Å²) < 4.78 is 49.3. The third-order valence-electron chi connectivity index (χ3n) is 5.75. The summed E-state index contributed by atoms with van der Waals surface area (Å²) in [5, 5.41) is 8.88. The Morgan fingerprint density at radius 1 is 1.33 bits per heavy atom. The molecule has 1 N–H and O–H groups in total. The van der Waals surface area contributed by atoms with Gasteiger partial charge in [-0.1, -0.05) is 6.58 Å². The van der Waals surface area contributed by atoms with Crippen molar-refractivity contribution in [3.8, 4) is 5.88 Å². The minimum atomic E-state index is -4.41. The number of nitrogens with zero attached hydrogens (tertiary/aromatic N) is 4. The van der Waals surface area contributed by atoms with Crippen molar-refractivity contribution in [2.75, 3.05) is 25.1 Å². The quantitative estimate of drug-likeness (QED) is 0.532. The SMILES string of the molecule is C=C(Nc1nccc2nn(C(C)c3cnc(OCC(F)(F)F)c(C)c3)cc12)C1CCOCC1. The van der Waals surface area contributed by atoms with E-state index >= 15 is 0 Å². The summed E-state index contributed by atoms with van der Waals surface area (Å²) >= 11 is 0. The summed E-state index contributed by atoms with van der Waals surface area (Å²) in [5.41, 5.74) is 3.01. The Bertz CT molecular complexity index is 1140. The third-order valence-corrected chi connectivity index (χ3v) is 5.75. The van der Waals surface area contributed by atoms with Crippen LogP contribution < -0.4 is 10.1 Å². The Kier molecular flexibility index (Phi) is 6.55. The van der Waals surface area contributed by atoms with Gasteiger partial charge < -0.3 is 14.8 Å². The van der Waals surface area contributed by atoms with Gasteiger partial charge >= 0.3 is 6.18 Å². The highest BCUT2D eigenvalue weighted by Crippen LogP contribution is 2.29. The van der Waals surface area contributed by atoms with E-state index in [0.717, 1.165) is 48.2 Å². The summed E-state index contributed by atoms with van der Waals surface area (Å²) in [4.78, 5) is 8.56. The Morgan fingerprint density at radius 3 is 2.79 bits per heavy atom. The fraction of sp³-hybridized carbons (Fsp3) is 0.435. The molecule has 176 valence electrons. The van der Waals surface area contributed by atoms with Gasteiger partial charge in [0, 0.05) is 49.0 Å². The van der Waals surface area contributed by atoms with Crippen molar-refractivity contribution in [1.29, 1.82) is 0 Å². The Balaban J connectivity index is 1.53. The molecule has 0 aliphatic carbocycles. The number of halogens is 3. The molecule has 1 saturated heterocycles. The predicted octanol–water partition coefficient (Wildman–Crippen LogP) is 5.04. The van der Waals surface area contributed by atoms with E-state index in [4.69, 9.17) is 9.47 Å². The highest BCUT2D eigenvalue weighted by atomic mass is 19.4. The molecule has 0 amide bonds. The molecule has 0 saturated carbocycles. The van der Waals surface area contributed by atoms with Crippen LogP contribution in [0.25, 0.3) is 10.9 Å². The maximum atomic E-state index is 12.4. The van der Waals surface area contributed by atoms with E-state index in [9.17, 15) is 13.2 Å². The Labute approximate surface area is 189 Å². The second-order valence-corrected chi connectivity index (χ2v) is 8.21. The van der Waals surface area contributed by atoms with Gasteiger partial charge in [0.15, 0.2) is 6.61 Å². The Morgan fingerprint density at radius 2 is 2.09 bits per heavy atom. The fourth-order valence-corrected chi connectivity index (χ4v) is 3.83. The number of nitrogens with one attached hydrogen (secondary N) is 1. The normalized spacial score (nSPS) is 16.0. The zero-order valence-electron chi connectivity index (χ0n) is 18.5. The van der Waals surface area contributed by atoms with Gasteiger partial charge in [0.2, 0.25) is 5.88 Å². The molecule has 1 atom stereocenters. The van der Waals surface area contributed by atoms with Gasteiger partial charge in [-0.15, -0.1) is 0 Å². The van der Waals surface area contributed by atoms with Crippen molar-refractivity contribution in [3.63, 3.8) is 0 Å². The smallest absolute Gasteiger partial charge is 0.422 e. The van der Waals surface area contributed by atoms with Gasteiger partial charge in [-0.2, -0.15) is 18.3 Å². The molecule has 1 aliphatic heterocycles. The molecule has 33 heavy (non-hydrogen) atoms. The van der Waals surface area contributed by atoms with E-state index in [-0.39, 0.29) is 11.9 Å². The number of ether oxygens (including phenoxy) is 2. The minimum Gasteiger partial charge on any atom is -0.468 e. The van der Waals surface area contributed by atoms with Crippen LogP contribution in [-0.2, 0) is 4.74 Å². The van der Waals surface area contributed by atoms with Gasteiger partial charge in [0.25, 0.3) is 0 Å². The lowest BCUT2D eigenvalue weighted by atomic mass is 9.97. The molecule has 4 rings (SSSR count). The maximum absolute atomic E-state index is 12.4. The summed E-state index contributed by atoms with van der Waals surface area (Å²) in [6.07, 6.45) is 2.55. The first-order valence-corrected chi connectivity index (χ1v) is 10.7. The van der Waals surface area contributed by atoms with Crippen LogP contribution >= 0.6 is 0 Å². The predicted molar refractivity (Wildman–Crippen MR) is 118 cm³/mol. The first-order valence-electron chi connectivity index (χ1n) is 10.7. The van der Waals surface area contributed by atoms with Crippen LogP contribution in [0, 0.1) is 12.8 Å². The zero-order chi connectivity index (χ0) is 23.6. The average molecular weight is 461 g/mol.